The van der Waals surface area contributed by atoms with E-state index in [1.807, 2.05) is 6.07 Å². The van der Waals surface area contributed by atoms with Gasteiger partial charge in [-0.3, -0.25) is 4.79 Å². The predicted molar refractivity (Wildman–Crippen MR) is 54.0 cm³/mol. The zero-order chi connectivity index (χ0) is 10.1. The Morgan fingerprint density at radius 2 is 2.29 bits per heavy atom. The SMILES string of the molecule is CC(=O)Oc1cc(N)c2cc[nH]c2c1. The van der Waals surface area contributed by atoms with Gasteiger partial charge in [-0.15, -0.1) is 0 Å². The second-order valence-corrected chi connectivity index (χ2v) is 3.05. The van der Waals surface area contributed by atoms with Gasteiger partial charge in [-0.05, 0) is 6.07 Å². The van der Waals surface area contributed by atoms with Gasteiger partial charge in [-0.1, -0.05) is 0 Å². The van der Waals surface area contributed by atoms with Gasteiger partial charge in [0.15, 0.2) is 0 Å². The number of anilines is 1. The maximum absolute atomic E-state index is 10.7. The Kier molecular flexibility index (Phi) is 1.89. The lowest BCUT2D eigenvalue weighted by Crippen LogP contribution is -2.01. The first-order chi connectivity index (χ1) is 6.66. The van der Waals surface area contributed by atoms with Crippen LogP contribution < -0.4 is 10.5 Å². The molecule has 2 rings (SSSR count). The molecule has 0 spiro atoms. The molecule has 0 fully saturated rings. The number of nitrogen functional groups attached to an aromatic ring is 1. The normalized spacial score (nSPS) is 10.4. The van der Waals surface area contributed by atoms with Crippen LogP contribution in [0.2, 0.25) is 0 Å². The summed E-state index contributed by atoms with van der Waals surface area (Å²) in [6, 6.07) is 5.26. The van der Waals surface area contributed by atoms with Gasteiger partial charge in [0.05, 0.1) is 5.52 Å². The maximum Gasteiger partial charge on any atom is 0.308 e. The molecule has 0 aliphatic carbocycles. The summed E-state index contributed by atoms with van der Waals surface area (Å²) in [5.41, 5.74) is 7.23. The van der Waals surface area contributed by atoms with Crippen molar-refractivity contribution in [1.82, 2.24) is 4.98 Å². The molecule has 0 saturated carbocycles. The van der Waals surface area contributed by atoms with E-state index in [0.29, 0.717) is 11.4 Å². The highest BCUT2D eigenvalue weighted by Gasteiger charge is 2.04. The highest BCUT2D eigenvalue weighted by Crippen LogP contribution is 2.26. The summed E-state index contributed by atoms with van der Waals surface area (Å²) in [5, 5.41) is 0.931. The van der Waals surface area contributed by atoms with Gasteiger partial charge in [0, 0.05) is 36.3 Å². The van der Waals surface area contributed by atoms with Gasteiger partial charge >= 0.3 is 5.97 Å². The molecular formula is C10H10N2O2. The van der Waals surface area contributed by atoms with Crippen LogP contribution in [-0.4, -0.2) is 11.0 Å². The zero-order valence-electron chi connectivity index (χ0n) is 7.70. The molecule has 0 aliphatic heterocycles. The fourth-order valence-electron chi connectivity index (χ4n) is 1.39. The number of H-pyrrole nitrogens is 1. The van der Waals surface area contributed by atoms with Gasteiger partial charge in [0.2, 0.25) is 0 Å². The van der Waals surface area contributed by atoms with Crippen molar-refractivity contribution in [2.45, 2.75) is 6.92 Å². The molecule has 0 atom stereocenters. The molecule has 14 heavy (non-hydrogen) atoms. The first kappa shape index (κ1) is 8.62. The number of carbonyl (C=O) groups is 1. The molecule has 0 amide bonds. The van der Waals surface area contributed by atoms with E-state index in [4.69, 9.17) is 10.5 Å². The third-order valence-corrected chi connectivity index (χ3v) is 1.94. The molecule has 72 valence electrons. The van der Waals surface area contributed by atoms with Crippen molar-refractivity contribution in [2.75, 3.05) is 5.73 Å². The molecule has 1 aromatic heterocycles. The van der Waals surface area contributed by atoms with Gasteiger partial charge in [0.1, 0.15) is 5.75 Å². The maximum atomic E-state index is 10.7. The molecule has 2 aromatic rings. The van der Waals surface area contributed by atoms with E-state index in [9.17, 15) is 4.79 Å². The Morgan fingerprint density at radius 3 is 3.00 bits per heavy atom. The van der Waals surface area contributed by atoms with Gasteiger partial charge in [-0.25, -0.2) is 0 Å². The van der Waals surface area contributed by atoms with E-state index < -0.39 is 0 Å². The summed E-state index contributed by atoms with van der Waals surface area (Å²) in [7, 11) is 0. The summed E-state index contributed by atoms with van der Waals surface area (Å²) in [6.45, 7) is 1.36. The largest absolute Gasteiger partial charge is 0.427 e. The fourth-order valence-corrected chi connectivity index (χ4v) is 1.39. The van der Waals surface area contributed by atoms with Crippen LogP contribution in [0.5, 0.6) is 5.75 Å². The van der Waals surface area contributed by atoms with Crippen molar-refractivity contribution in [3.63, 3.8) is 0 Å². The van der Waals surface area contributed by atoms with Gasteiger partial charge in [0.25, 0.3) is 0 Å². The number of benzene rings is 1. The summed E-state index contributed by atoms with van der Waals surface area (Å²) in [5.74, 6) is 0.111. The highest BCUT2D eigenvalue weighted by atomic mass is 16.5. The topological polar surface area (TPSA) is 68.1 Å². The van der Waals surface area contributed by atoms with E-state index in [-0.39, 0.29) is 5.97 Å². The van der Waals surface area contributed by atoms with Crippen molar-refractivity contribution in [1.29, 1.82) is 0 Å². The van der Waals surface area contributed by atoms with Crippen LogP contribution in [0.25, 0.3) is 10.9 Å². The van der Waals surface area contributed by atoms with Crippen LogP contribution in [0, 0.1) is 0 Å². The van der Waals surface area contributed by atoms with Crippen molar-refractivity contribution in [3.8, 4) is 5.75 Å². The Bertz CT molecular complexity index is 488. The molecule has 0 radical (unpaired) electrons. The lowest BCUT2D eigenvalue weighted by atomic mass is 10.2. The van der Waals surface area contributed by atoms with E-state index >= 15 is 0 Å². The molecule has 0 saturated heterocycles. The average Bonchev–Trinajstić information content (AvgIpc) is 2.50. The minimum atomic E-state index is -0.352. The lowest BCUT2D eigenvalue weighted by Gasteiger charge is -2.03. The van der Waals surface area contributed by atoms with Crippen LogP contribution >= 0.6 is 0 Å². The number of nitrogens with one attached hydrogen (secondary N) is 1. The van der Waals surface area contributed by atoms with E-state index in [0.717, 1.165) is 10.9 Å². The summed E-state index contributed by atoms with van der Waals surface area (Å²) >= 11 is 0. The van der Waals surface area contributed by atoms with E-state index in [2.05, 4.69) is 4.98 Å². The summed E-state index contributed by atoms with van der Waals surface area (Å²) < 4.78 is 4.93. The number of hydrogen-bond donors (Lipinski definition) is 2. The van der Waals surface area contributed by atoms with Crippen LogP contribution in [0.1, 0.15) is 6.92 Å². The molecule has 4 heteroatoms. The zero-order valence-corrected chi connectivity index (χ0v) is 7.70. The molecule has 3 N–H and O–H groups in total. The number of ether oxygens (including phenoxy) is 1. The summed E-state index contributed by atoms with van der Waals surface area (Å²) in [6.07, 6.45) is 1.79. The second-order valence-electron chi connectivity index (χ2n) is 3.05. The van der Waals surface area contributed by atoms with Crippen LogP contribution in [0.3, 0.4) is 0 Å². The Morgan fingerprint density at radius 1 is 1.50 bits per heavy atom. The fraction of sp³-hybridized carbons (Fsp3) is 0.100. The Balaban J connectivity index is 2.53. The molecular weight excluding hydrogens is 180 g/mol. The van der Waals surface area contributed by atoms with Crippen molar-refractivity contribution < 1.29 is 9.53 Å². The van der Waals surface area contributed by atoms with Gasteiger partial charge < -0.3 is 15.5 Å². The molecule has 0 unspecified atom stereocenters. The van der Waals surface area contributed by atoms with Crippen molar-refractivity contribution in [2.24, 2.45) is 0 Å². The average molecular weight is 190 g/mol. The lowest BCUT2D eigenvalue weighted by molar-refractivity contribution is -0.131. The summed E-state index contributed by atoms with van der Waals surface area (Å²) in [4.78, 5) is 13.7. The standard InChI is InChI=1S/C10H10N2O2/c1-6(13)14-7-4-9(11)8-2-3-12-10(8)5-7/h2-5,12H,11H2,1H3. The number of carbonyl (C=O) groups excluding carboxylic acids is 1. The number of hydrogen-bond acceptors (Lipinski definition) is 3. The highest BCUT2D eigenvalue weighted by molar-refractivity contribution is 5.92. The van der Waals surface area contributed by atoms with E-state index in [1.165, 1.54) is 6.92 Å². The van der Waals surface area contributed by atoms with Crippen LogP contribution in [0.4, 0.5) is 5.69 Å². The minimum absolute atomic E-state index is 0.352. The quantitative estimate of drug-likeness (QED) is 0.408. The van der Waals surface area contributed by atoms with Gasteiger partial charge in [-0.2, -0.15) is 0 Å². The molecule has 4 nitrogen and oxygen atoms in total. The minimum Gasteiger partial charge on any atom is -0.427 e. The first-order valence-corrected chi connectivity index (χ1v) is 4.22. The predicted octanol–water partition coefficient (Wildman–Crippen LogP) is 1.68. The third-order valence-electron chi connectivity index (χ3n) is 1.94. The molecule has 0 aliphatic rings. The number of aromatic nitrogens is 1. The number of fused-ring (bicyclic) bond motifs is 1. The second kappa shape index (κ2) is 3.06. The Hall–Kier alpha value is -1.97. The number of nitrogens with two attached hydrogens (primary N) is 1. The smallest absolute Gasteiger partial charge is 0.308 e. The molecule has 0 bridgehead atoms. The van der Waals surface area contributed by atoms with Crippen LogP contribution in [0.15, 0.2) is 24.4 Å². The first-order valence-electron chi connectivity index (χ1n) is 4.22. The van der Waals surface area contributed by atoms with E-state index in [1.54, 1.807) is 18.3 Å². The number of esters is 1. The van der Waals surface area contributed by atoms with Crippen LogP contribution in [-0.2, 0) is 4.79 Å². The molecule has 1 heterocycles. The van der Waals surface area contributed by atoms with Crippen molar-refractivity contribution >= 4 is 22.6 Å². The number of rotatable bonds is 1. The molecule has 1 aromatic carbocycles. The Labute approximate surface area is 80.7 Å². The number of aromatic amines is 1. The third kappa shape index (κ3) is 1.42. The monoisotopic (exact) mass is 190 g/mol. The van der Waals surface area contributed by atoms with Crippen molar-refractivity contribution in [3.05, 3.63) is 24.4 Å².